The van der Waals surface area contributed by atoms with Crippen LogP contribution in [-0.4, -0.2) is 64.1 Å². The molecule has 1 spiro atoms. The Balaban J connectivity index is 1.51. The Morgan fingerprint density at radius 1 is 1.11 bits per heavy atom. The quantitative estimate of drug-likeness (QED) is 0.631. The highest BCUT2D eigenvalue weighted by atomic mass is 35.5. The third-order valence-electron chi connectivity index (χ3n) is 8.82. The number of likely N-dealkylation sites (tertiary alicyclic amines) is 1. The second-order valence-electron chi connectivity index (χ2n) is 11.3. The lowest BCUT2D eigenvalue weighted by molar-refractivity contribution is -0.160. The van der Waals surface area contributed by atoms with E-state index in [1.807, 2.05) is 4.90 Å². The number of amides is 2. The van der Waals surface area contributed by atoms with Gasteiger partial charge in [-0.3, -0.25) is 14.4 Å². The van der Waals surface area contributed by atoms with Crippen molar-refractivity contribution in [2.75, 3.05) is 27.2 Å². The minimum atomic E-state index is -1.13. The van der Waals surface area contributed by atoms with Gasteiger partial charge in [0.2, 0.25) is 5.91 Å². The third-order valence-corrected chi connectivity index (χ3v) is 9.14. The maximum Gasteiger partial charge on any atom is 0.256 e. The Bertz CT molecular complexity index is 995. The number of hydrogen-bond acceptors (Lipinski definition) is 4. The summed E-state index contributed by atoms with van der Waals surface area (Å²) in [5.41, 5.74) is -1.65. The Kier molecular flexibility index (Phi) is 7.96. The fraction of sp³-hybridized carbons (Fsp3) is 0.741. The summed E-state index contributed by atoms with van der Waals surface area (Å²) in [5, 5.41) is 12.1. The van der Waals surface area contributed by atoms with Gasteiger partial charge in [0.25, 0.3) is 11.5 Å². The van der Waals surface area contributed by atoms with E-state index in [1.165, 1.54) is 53.8 Å². The lowest BCUT2D eigenvalue weighted by Crippen LogP contribution is -2.62. The van der Waals surface area contributed by atoms with Gasteiger partial charge in [0, 0.05) is 51.3 Å². The highest BCUT2D eigenvalue weighted by Crippen LogP contribution is 2.51. The SMILES string of the molecule is CN(C)C(=O)c1cn(CC2(O)CCN(C(=O)CCC3CCCCC3)CC23CCCC3)c(=O)cc1Cl. The van der Waals surface area contributed by atoms with Gasteiger partial charge in [-0.25, -0.2) is 0 Å². The van der Waals surface area contributed by atoms with Gasteiger partial charge in [-0.1, -0.05) is 56.5 Å². The molecule has 1 unspecified atom stereocenters. The minimum Gasteiger partial charge on any atom is -0.387 e. The molecule has 2 amide bonds. The van der Waals surface area contributed by atoms with Crippen LogP contribution in [-0.2, 0) is 11.3 Å². The molecule has 7 nitrogen and oxygen atoms in total. The van der Waals surface area contributed by atoms with Crippen LogP contribution in [0.2, 0.25) is 5.02 Å². The van der Waals surface area contributed by atoms with Crippen LogP contribution in [0.4, 0.5) is 0 Å². The Morgan fingerprint density at radius 3 is 2.46 bits per heavy atom. The summed E-state index contributed by atoms with van der Waals surface area (Å²) in [6.45, 7) is 1.13. The monoisotopic (exact) mass is 505 g/mol. The summed E-state index contributed by atoms with van der Waals surface area (Å²) in [4.78, 5) is 41.9. The number of carbonyl (C=O) groups is 2. The van der Waals surface area contributed by atoms with E-state index in [0.717, 1.165) is 32.1 Å². The van der Waals surface area contributed by atoms with Gasteiger partial charge in [0.1, 0.15) is 0 Å². The van der Waals surface area contributed by atoms with Gasteiger partial charge in [-0.05, 0) is 31.6 Å². The van der Waals surface area contributed by atoms with Crippen LogP contribution in [0.25, 0.3) is 0 Å². The molecule has 0 bridgehead atoms. The molecule has 1 aromatic heterocycles. The summed E-state index contributed by atoms with van der Waals surface area (Å²) in [5.74, 6) is 0.585. The maximum atomic E-state index is 13.2. The molecule has 1 aliphatic heterocycles. The number of rotatable bonds is 6. The predicted octanol–water partition coefficient (Wildman–Crippen LogP) is 4.09. The van der Waals surface area contributed by atoms with Crippen LogP contribution in [0.1, 0.15) is 87.4 Å². The average Bonchev–Trinajstić information content (AvgIpc) is 3.31. The van der Waals surface area contributed by atoms with Gasteiger partial charge >= 0.3 is 0 Å². The van der Waals surface area contributed by atoms with Crippen LogP contribution < -0.4 is 5.56 Å². The number of piperidine rings is 1. The van der Waals surface area contributed by atoms with Crippen LogP contribution in [0.15, 0.2) is 17.1 Å². The second-order valence-corrected chi connectivity index (χ2v) is 11.7. The molecule has 8 heteroatoms. The lowest BCUT2D eigenvalue weighted by atomic mass is 9.65. The first-order valence-electron chi connectivity index (χ1n) is 13.3. The van der Waals surface area contributed by atoms with Gasteiger partial charge in [-0.15, -0.1) is 0 Å². The van der Waals surface area contributed by atoms with Crippen molar-refractivity contribution in [3.05, 3.63) is 33.2 Å². The van der Waals surface area contributed by atoms with Crippen molar-refractivity contribution in [2.24, 2.45) is 11.3 Å². The van der Waals surface area contributed by atoms with E-state index in [0.29, 0.717) is 31.8 Å². The van der Waals surface area contributed by atoms with E-state index in [9.17, 15) is 19.5 Å². The van der Waals surface area contributed by atoms with E-state index in [-0.39, 0.29) is 34.5 Å². The highest BCUT2D eigenvalue weighted by Gasteiger charge is 2.55. The standard InChI is InChI=1S/C27H40ClN3O4/c1-29(2)25(34)21-17-31(24(33)16-22(21)28)19-27(35)14-15-30(18-26(27)12-6-7-13-26)23(32)11-10-20-8-4-3-5-9-20/h16-17,20,35H,3-15,18-19H2,1-2H3. The van der Waals surface area contributed by atoms with E-state index in [1.54, 1.807) is 14.1 Å². The Labute approximate surface area is 213 Å². The molecule has 2 heterocycles. The molecule has 2 aliphatic carbocycles. The third kappa shape index (κ3) is 5.46. The first-order chi connectivity index (χ1) is 16.6. The second kappa shape index (κ2) is 10.6. The molecule has 0 radical (unpaired) electrons. The van der Waals surface area contributed by atoms with E-state index >= 15 is 0 Å². The summed E-state index contributed by atoms with van der Waals surface area (Å²) < 4.78 is 1.43. The van der Waals surface area contributed by atoms with Crippen molar-refractivity contribution in [1.29, 1.82) is 0 Å². The summed E-state index contributed by atoms with van der Waals surface area (Å²) in [6.07, 6.45) is 13.5. The number of pyridine rings is 1. The number of aliphatic hydroxyl groups is 1. The van der Waals surface area contributed by atoms with Crippen LogP contribution in [0.3, 0.4) is 0 Å². The molecule has 35 heavy (non-hydrogen) atoms. The lowest BCUT2D eigenvalue weighted by Gasteiger charge is -2.52. The predicted molar refractivity (Wildman–Crippen MR) is 137 cm³/mol. The number of nitrogens with zero attached hydrogens (tertiary/aromatic N) is 3. The van der Waals surface area contributed by atoms with Crippen LogP contribution in [0.5, 0.6) is 0 Å². The molecule has 1 atom stereocenters. The smallest absolute Gasteiger partial charge is 0.256 e. The first-order valence-corrected chi connectivity index (χ1v) is 13.6. The van der Waals surface area contributed by atoms with Gasteiger partial charge < -0.3 is 19.5 Å². The topological polar surface area (TPSA) is 82.8 Å². The molecular formula is C27H40ClN3O4. The van der Waals surface area contributed by atoms with Crippen molar-refractivity contribution in [1.82, 2.24) is 14.4 Å². The highest BCUT2D eigenvalue weighted by molar-refractivity contribution is 6.33. The number of carbonyl (C=O) groups excluding carboxylic acids is 2. The van der Waals surface area contributed by atoms with Gasteiger partial charge in [0.15, 0.2) is 0 Å². The summed E-state index contributed by atoms with van der Waals surface area (Å²) in [7, 11) is 3.27. The van der Waals surface area contributed by atoms with Gasteiger partial charge in [0.05, 0.1) is 22.7 Å². The van der Waals surface area contributed by atoms with Crippen LogP contribution >= 0.6 is 11.6 Å². The fourth-order valence-electron chi connectivity index (χ4n) is 6.63. The zero-order chi connectivity index (χ0) is 25.2. The first kappa shape index (κ1) is 26.2. The Morgan fingerprint density at radius 2 is 1.80 bits per heavy atom. The van der Waals surface area contributed by atoms with Crippen molar-refractivity contribution >= 4 is 23.4 Å². The molecule has 3 aliphatic rings. The summed E-state index contributed by atoms with van der Waals surface area (Å²) in [6, 6.07) is 1.26. The molecule has 4 rings (SSSR count). The molecular weight excluding hydrogens is 466 g/mol. The molecule has 0 aromatic carbocycles. The number of hydrogen-bond donors (Lipinski definition) is 1. The Hall–Kier alpha value is -1.86. The fourth-order valence-corrected chi connectivity index (χ4v) is 6.85. The van der Waals surface area contributed by atoms with E-state index in [2.05, 4.69) is 0 Å². The van der Waals surface area contributed by atoms with E-state index < -0.39 is 11.0 Å². The largest absolute Gasteiger partial charge is 0.387 e. The molecule has 2 saturated carbocycles. The van der Waals surface area contributed by atoms with Crippen molar-refractivity contribution in [2.45, 2.75) is 89.2 Å². The molecule has 1 N–H and O–H groups in total. The zero-order valence-corrected chi connectivity index (χ0v) is 22.0. The van der Waals surface area contributed by atoms with Crippen molar-refractivity contribution < 1.29 is 14.7 Å². The minimum absolute atomic E-state index is 0.0980. The molecule has 1 aromatic rings. The normalized spacial score (nSPS) is 24.6. The average molecular weight is 506 g/mol. The number of aromatic nitrogens is 1. The van der Waals surface area contributed by atoms with Crippen molar-refractivity contribution in [3.63, 3.8) is 0 Å². The van der Waals surface area contributed by atoms with E-state index in [4.69, 9.17) is 11.6 Å². The maximum absolute atomic E-state index is 13.2. The molecule has 1 saturated heterocycles. The zero-order valence-electron chi connectivity index (χ0n) is 21.2. The molecule has 194 valence electrons. The molecule has 3 fully saturated rings. The van der Waals surface area contributed by atoms with Gasteiger partial charge in [-0.2, -0.15) is 0 Å². The van der Waals surface area contributed by atoms with Crippen molar-refractivity contribution in [3.8, 4) is 0 Å². The van der Waals surface area contributed by atoms with Crippen LogP contribution in [0, 0.1) is 11.3 Å². The number of halogens is 1. The summed E-state index contributed by atoms with van der Waals surface area (Å²) >= 11 is 6.21.